The SMILES string of the molecule is Cc1no[n+]([O-])c1COc1ccc(C=C(C#N)c2ccc(Cl)cc2)cc1. The third-order valence-electron chi connectivity index (χ3n) is 3.73. The predicted molar refractivity (Wildman–Crippen MR) is 95.9 cm³/mol. The molecule has 7 heteroatoms. The first-order valence-corrected chi connectivity index (χ1v) is 8.10. The first kappa shape index (κ1) is 17.5. The Bertz CT molecular complexity index is 951. The Balaban J connectivity index is 1.72. The van der Waals surface area contributed by atoms with Crippen molar-refractivity contribution in [2.45, 2.75) is 13.5 Å². The molecule has 0 fully saturated rings. The molecule has 0 aliphatic heterocycles. The van der Waals surface area contributed by atoms with E-state index in [0.717, 1.165) is 11.1 Å². The molecule has 130 valence electrons. The highest BCUT2D eigenvalue weighted by molar-refractivity contribution is 6.30. The van der Waals surface area contributed by atoms with Crippen LogP contribution in [0, 0.1) is 23.5 Å². The summed E-state index contributed by atoms with van der Waals surface area (Å²) in [5.41, 5.74) is 2.98. The fourth-order valence-corrected chi connectivity index (χ4v) is 2.40. The quantitative estimate of drug-likeness (QED) is 0.387. The molecule has 1 heterocycles. The molecule has 6 nitrogen and oxygen atoms in total. The number of aromatic nitrogens is 2. The Morgan fingerprint density at radius 3 is 2.54 bits per heavy atom. The van der Waals surface area contributed by atoms with E-state index >= 15 is 0 Å². The Morgan fingerprint density at radius 1 is 1.27 bits per heavy atom. The molecule has 0 N–H and O–H groups in total. The lowest BCUT2D eigenvalue weighted by molar-refractivity contribution is -0.808. The fraction of sp³-hybridized carbons (Fsp3) is 0.105. The molecule has 0 amide bonds. The summed E-state index contributed by atoms with van der Waals surface area (Å²) < 4.78 is 10.1. The number of hydrogen-bond donors (Lipinski definition) is 0. The van der Waals surface area contributed by atoms with Crippen LogP contribution in [-0.4, -0.2) is 5.16 Å². The highest BCUT2D eigenvalue weighted by atomic mass is 35.5. The average molecular weight is 368 g/mol. The van der Waals surface area contributed by atoms with Crippen LogP contribution < -0.4 is 9.64 Å². The molecule has 0 saturated heterocycles. The smallest absolute Gasteiger partial charge is 0.235 e. The zero-order valence-electron chi connectivity index (χ0n) is 13.8. The molecule has 0 saturated carbocycles. The van der Waals surface area contributed by atoms with Gasteiger partial charge in [-0.1, -0.05) is 35.9 Å². The predicted octanol–water partition coefficient (Wildman–Crippen LogP) is 3.91. The summed E-state index contributed by atoms with van der Waals surface area (Å²) in [6, 6.07) is 16.5. The van der Waals surface area contributed by atoms with Crippen LogP contribution in [0.1, 0.15) is 22.5 Å². The van der Waals surface area contributed by atoms with E-state index in [1.807, 2.05) is 12.1 Å². The Kier molecular flexibility index (Phi) is 5.20. The minimum Gasteiger partial charge on any atom is -0.485 e. The van der Waals surface area contributed by atoms with Gasteiger partial charge in [-0.05, 0) is 46.4 Å². The second kappa shape index (κ2) is 7.72. The zero-order chi connectivity index (χ0) is 18.5. The molecular weight excluding hydrogens is 354 g/mol. The number of hydrogen-bond acceptors (Lipinski definition) is 5. The summed E-state index contributed by atoms with van der Waals surface area (Å²) >= 11 is 5.88. The molecule has 0 unspecified atom stereocenters. The number of allylic oxidation sites excluding steroid dienone is 1. The van der Waals surface area contributed by atoms with E-state index in [2.05, 4.69) is 15.9 Å². The van der Waals surface area contributed by atoms with Gasteiger partial charge in [0.05, 0.1) is 11.6 Å². The second-order valence-corrected chi connectivity index (χ2v) is 5.93. The lowest BCUT2D eigenvalue weighted by Gasteiger charge is -2.05. The van der Waals surface area contributed by atoms with Gasteiger partial charge in [-0.25, -0.2) is 0 Å². The van der Waals surface area contributed by atoms with Gasteiger partial charge in [0.25, 0.3) is 0 Å². The Hall–Kier alpha value is -3.30. The maximum Gasteiger partial charge on any atom is 0.235 e. The van der Waals surface area contributed by atoms with Crippen molar-refractivity contribution < 1.29 is 14.3 Å². The number of ether oxygens (including phenoxy) is 1. The summed E-state index contributed by atoms with van der Waals surface area (Å²) in [4.78, 5) is 0.331. The maximum absolute atomic E-state index is 11.4. The number of aryl methyl sites for hydroxylation is 1. The van der Waals surface area contributed by atoms with E-state index in [4.69, 9.17) is 16.3 Å². The van der Waals surface area contributed by atoms with Gasteiger partial charge in [0.1, 0.15) is 5.75 Å². The maximum atomic E-state index is 11.4. The Labute approximate surface area is 155 Å². The monoisotopic (exact) mass is 367 g/mol. The van der Waals surface area contributed by atoms with Crippen LogP contribution in [0.5, 0.6) is 5.75 Å². The molecule has 0 aliphatic carbocycles. The van der Waals surface area contributed by atoms with Gasteiger partial charge < -0.3 is 9.94 Å². The van der Waals surface area contributed by atoms with Gasteiger partial charge in [-0.15, -0.1) is 0 Å². The van der Waals surface area contributed by atoms with Crippen molar-refractivity contribution in [2.24, 2.45) is 0 Å². The normalized spacial score (nSPS) is 11.2. The van der Waals surface area contributed by atoms with E-state index in [1.165, 1.54) is 0 Å². The summed E-state index contributed by atoms with van der Waals surface area (Å²) in [6.07, 6.45) is 1.78. The van der Waals surface area contributed by atoms with Crippen molar-refractivity contribution >= 4 is 23.3 Å². The van der Waals surface area contributed by atoms with Crippen LogP contribution in [0.3, 0.4) is 0 Å². The molecule has 0 spiro atoms. The van der Waals surface area contributed by atoms with E-state index in [0.29, 0.717) is 32.6 Å². The molecule has 0 aliphatic rings. The van der Waals surface area contributed by atoms with E-state index in [9.17, 15) is 10.5 Å². The molecule has 0 bridgehead atoms. The molecular formula is C19H14ClN3O3. The zero-order valence-corrected chi connectivity index (χ0v) is 14.6. The first-order valence-electron chi connectivity index (χ1n) is 7.72. The van der Waals surface area contributed by atoms with Gasteiger partial charge in [0.15, 0.2) is 6.61 Å². The van der Waals surface area contributed by atoms with Crippen LogP contribution in [0.25, 0.3) is 11.6 Å². The standard InChI is InChI=1S/C19H14ClN3O3/c1-13-19(23(24)26-22-13)12-25-18-8-2-14(3-9-18)10-16(11-21)15-4-6-17(20)7-5-15/h2-10H,12H2,1H3. The second-order valence-electron chi connectivity index (χ2n) is 5.50. The van der Waals surface area contributed by atoms with Crippen LogP contribution in [0.15, 0.2) is 53.2 Å². The number of rotatable bonds is 5. The van der Waals surface area contributed by atoms with Crippen LogP contribution in [0.4, 0.5) is 0 Å². The molecule has 1 aromatic heterocycles. The van der Waals surface area contributed by atoms with Crippen molar-refractivity contribution in [1.29, 1.82) is 5.26 Å². The van der Waals surface area contributed by atoms with Crippen molar-refractivity contribution in [3.63, 3.8) is 0 Å². The van der Waals surface area contributed by atoms with Gasteiger partial charge in [0, 0.05) is 17.1 Å². The van der Waals surface area contributed by atoms with Gasteiger partial charge in [0.2, 0.25) is 11.4 Å². The van der Waals surface area contributed by atoms with Gasteiger partial charge in [-0.2, -0.15) is 5.26 Å². The summed E-state index contributed by atoms with van der Waals surface area (Å²) in [5.74, 6) is 0.591. The summed E-state index contributed by atoms with van der Waals surface area (Å²) in [6.45, 7) is 1.73. The molecule has 3 aromatic rings. The largest absolute Gasteiger partial charge is 0.485 e. The molecule has 0 atom stereocenters. The molecule has 2 aromatic carbocycles. The average Bonchev–Trinajstić information content (AvgIpc) is 2.98. The lowest BCUT2D eigenvalue weighted by Crippen LogP contribution is -2.29. The third kappa shape index (κ3) is 4.02. The first-order chi connectivity index (χ1) is 12.6. The van der Waals surface area contributed by atoms with Crippen molar-refractivity contribution in [3.05, 3.63) is 81.3 Å². The van der Waals surface area contributed by atoms with E-state index < -0.39 is 0 Å². The van der Waals surface area contributed by atoms with Crippen molar-refractivity contribution in [3.8, 4) is 11.8 Å². The van der Waals surface area contributed by atoms with Crippen LogP contribution in [-0.2, 0) is 6.61 Å². The van der Waals surface area contributed by atoms with Crippen molar-refractivity contribution in [1.82, 2.24) is 5.16 Å². The highest BCUT2D eigenvalue weighted by Gasteiger charge is 2.14. The Morgan fingerprint density at radius 2 is 1.96 bits per heavy atom. The highest BCUT2D eigenvalue weighted by Crippen LogP contribution is 2.21. The topological polar surface area (TPSA) is 86.0 Å². The van der Waals surface area contributed by atoms with Gasteiger partial charge >= 0.3 is 0 Å². The third-order valence-corrected chi connectivity index (χ3v) is 3.98. The lowest BCUT2D eigenvalue weighted by atomic mass is 10.0. The summed E-state index contributed by atoms with van der Waals surface area (Å²) in [7, 11) is 0. The number of halogens is 1. The fourth-order valence-electron chi connectivity index (χ4n) is 2.28. The molecule has 0 radical (unpaired) electrons. The van der Waals surface area contributed by atoms with E-state index in [1.54, 1.807) is 49.4 Å². The van der Waals surface area contributed by atoms with Crippen LogP contribution >= 0.6 is 11.6 Å². The number of nitrogens with zero attached hydrogens (tertiary/aromatic N) is 3. The minimum absolute atomic E-state index is 0.0578. The van der Waals surface area contributed by atoms with E-state index in [-0.39, 0.29) is 6.61 Å². The molecule has 3 rings (SSSR count). The van der Waals surface area contributed by atoms with Gasteiger partial charge in [-0.3, -0.25) is 4.63 Å². The van der Waals surface area contributed by atoms with Crippen molar-refractivity contribution in [2.75, 3.05) is 0 Å². The minimum atomic E-state index is 0.0578. The molecule has 26 heavy (non-hydrogen) atoms. The number of nitriles is 1. The number of benzene rings is 2. The summed E-state index contributed by atoms with van der Waals surface area (Å²) in [5, 5.41) is 25.0. The van der Waals surface area contributed by atoms with Crippen LogP contribution in [0.2, 0.25) is 5.02 Å².